The molecule has 0 saturated carbocycles. The van der Waals surface area contributed by atoms with Gasteiger partial charge < -0.3 is 15.4 Å². The van der Waals surface area contributed by atoms with Gasteiger partial charge in [0.1, 0.15) is 0 Å². The Bertz CT molecular complexity index is 309. The van der Waals surface area contributed by atoms with Crippen molar-refractivity contribution in [1.82, 2.24) is 15.5 Å². The molecule has 136 valence electrons. The largest absolute Gasteiger partial charge is 0.385 e. The fourth-order valence-electron chi connectivity index (χ4n) is 3.20. The molecular weight excluding hydrogens is 288 g/mol. The summed E-state index contributed by atoms with van der Waals surface area (Å²) in [4.78, 5) is 7.31. The molecule has 1 saturated heterocycles. The Morgan fingerprint density at radius 3 is 2.78 bits per heavy atom. The molecule has 0 bridgehead atoms. The van der Waals surface area contributed by atoms with Crippen molar-refractivity contribution in [2.75, 3.05) is 46.4 Å². The first-order chi connectivity index (χ1) is 11.3. The first kappa shape index (κ1) is 20.2. The van der Waals surface area contributed by atoms with Crippen molar-refractivity contribution in [3.8, 4) is 0 Å². The van der Waals surface area contributed by atoms with Gasteiger partial charge in [-0.3, -0.25) is 9.89 Å². The Kier molecular flexibility index (Phi) is 12.0. The predicted octanol–water partition coefficient (Wildman–Crippen LogP) is 2.62. The van der Waals surface area contributed by atoms with Gasteiger partial charge >= 0.3 is 0 Å². The smallest absolute Gasteiger partial charge is 0.191 e. The monoisotopic (exact) mass is 326 g/mol. The fourth-order valence-corrected chi connectivity index (χ4v) is 3.20. The molecule has 0 aliphatic carbocycles. The molecule has 0 aromatic carbocycles. The topological polar surface area (TPSA) is 48.9 Å². The quantitative estimate of drug-likeness (QED) is 0.348. The Labute approximate surface area is 143 Å². The summed E-state index contributed by atoms with van der Waals surface area (Å²) in [5.74, 6) is 0.962. The van der Waals surface area contributed by atoms with Gasteiger partial charge in [-0.2, -0.15) is 0 Å². The minimum absolute atomic E-state index is 0.783. The molecule has 1 aliphatic rings. The second-order valence-electron chi connectivity index (χ2n) is 6.33. The summed E-state index contributed by atoms with van der Waals surface area (Å²) >= 11 is 0. The Morgan fingerprint density at radius 2 is 2.04 bits per heavy atom. The zero-order valence-corrected chi connectivity index (χ0v) is 15.6. The average Bonchev–Trinajstić information content (AvgIpc) is 2.58. The number of ether oxygens (including phenoxy) is 1. The van der Waals surface area contributed by atoms with Crippen molar-refractivity contribution in [3.63, 3.8) is 0 Å². The molecule has 1 heterocycles. The van der Waals surface area contributed by atoms with E-state index in [0.29, 0.717) is 0 Å². The van der Waals surface area contributed by atoms with Crippen LogP contribution in [0.5, 0.6) is 0 Å². The molecule has 1 fully saturated rings. The highest BCUT2D eigenvalue weighted by Gasteiger charge is 2.19. The lowest BCUT2D eigenvalue weighted by Crippen LogP contribution is -2.46. The molecular formula is C18H38N4O. The Hall–Kier alpha value is -0.810. The second-order valence-corrected chi connectivity index (χ2v) is 6.33. The van der Waals surface area contributed by atoms with Crippen LogP contribution in [0.4, 0.5) is 0 Å². The van der Waals surface area contributed by atoms with E-state index in [1.807, 2.05) is 0 Å². The van der Waals surface area contributed by atoms with Crippen molar-refractivity contribution in [2.24, 2.45) is 4.99 Å². The van der Waals surface area contributed by atoms with E-state index in [4.69, 9.17) is 4.74 Å². The number of nitrogens with zero attached hydrogens (tertiary/aromatic N) is 2. The summed E-state index contributed by atoms with van der Waals surface area (Å²) in [7, 11) is 1.76. The Morgan fingerprint density at radius 1 is 1.17 bits per heavy atom. The van der Waals surface area contributed by atoms with Gasteiger partial charge in [0.25, 0.3) is 0 Å². The van der Waals surface area contributed by atoms with Gasteiger partial charge in [-0.25, -0.2) is 0 Å². The molecule has 2 N–H and O–H groups in total. The number of hydrogen-bond acceptors (Lipinski definition) is 3. The number of hydrogen-bond donors (Lipinski definition) is 2. The maximum absolute atomic E-state index is 5.07. The highest BCUT2D eigenvalue weighted by atomic mass is 16.5. The van der Waals surface area contributed by atoms with Crippen molar-refractivity contribution >= 4 is 5.96 Å². The Balaban J connectivity index is 2.23. The van der Waals surface area contributed by atoms with Crippen LogP contribution in [0.25, 0.3) is 0 Å². The van der Waals surface area contributed by atoms with Crippen LogP contribution in [0.1, 0.15) is 58.8 Å². The van der Waals surface area contributed by atoms with Crippen LogP contribution in [0, 0.1) is 0 Å². The third kappa shape index (κ3) is 9.16. The van der Waals surface area contributed by atoms with Crippen LogP contribution in [0.2, 0.25) is 0 Å². The number of aliphatic imine (C=N–C) groups is 1. The average molecular weight is 327 g/mol. The van der Waals surface area contributed by atoms with Crippen LogP contribution in [0.15, 0.2) is 4.99 Å². The summed E-state index contributed by atoms with van der Waals surface area (Å²) in [6.07, 6.45) is 8.83. The number of nitrogens with one attached hydrogen (secondary N) is 2. The molecule has 1 atom stereocenters. The van der Waals surface area contributed by atoms with Crippen LogP contribution in [0.3, 0.4) is 0 Å². The zero-order chi connectivity index (χ0) is 16.8. The molecule has 5 heteroatoms. The molecule has 0 amide bonds. The molecule has 23 heavy (non-hydrogen) atoms. The minimum atomic E-state index is 0.783. The lowest BCUT2D eigenvalue weighted by Gasteiger charge is -2.35. The van der Waals surface area contributed by atoms with E-state index < -0.39 is 0 Å². The number of methoxy groups -OCH3 is 1. The van der Waals surface area contributed by atoms with Crippen molar-refractivity contribution < 1.29 is 4.74 Å². The van der Waals surface area contributed by atoms with Crippen LogP contribution < -0.4 is 10.6 Å². The summed E-state index contributed by atoms with van der Waals surface area (Å²) in [6, 6.07) is 0.783. The van der Waals surface area contributed by atoms with E-state index in [9.17, 15) is 0 Å². The van der Waals surface area contributed by atoms with Gasteiger partial charge in [0.05, 0.1) is 0 Å². The van der Waals surface area contributed by atoms with Gasteiger partial charge in [-0.15, -0.1) is 0 Å². The fraction of sp³-hybridized carbons (Fsp3) is 0.944. The summed E-state index contributed by atoms with van der Waals surface area (Å²) < 4.78 is 5.07. The van der Waals surface area contributed by atoms with E-state index in [0.717, 1.165) is 57.6 Å². The normalized spacial score (nSPS) is 19.8. The molecule has 1 aliphatic heterocycles. The third-order valence-corrected chi connectivity index (χ3v) is 4.53. The van der Waals surface area contributed by atoms with Gasteiger partial charge in [-0.1, -0.05) is 13.3 Å². The van der Waals surface area contributed by atoms with Gasteiger partial charge in [-0.05, 0) is 52.0 Å². The third-order valence-electron chi connectivity index (χ3n) is 4.53. The van der Waals surface area contributed by atoms with E-state index in [1.54, 1.807) is 7.11 Å². The first-order valence-corrected chi connectivity index (χ1v) is 9.57. The van der Waals surface area contributed by atoms with Crippen LogP contribution in [-0.4, -0.2) is 63.3 Å². The lowest BCUT2D eigenvalue weighted by atomic mass is 10.0. The van der Waals surface area contributed by atoms with Crippen molar-refractivity contribution in [3.05, 3.63) is 0 Å². The summed E-state index contributed by atoms with van der Waals surface area (Å²) in [5.41, 5.74) is 0. The van der Waals surface area contributed by atoms with Gasteiger partial charge in [0.2, 0.25) is 0 Å². The van der Waals surface area contributed by atoms with E-state index in [2.05, 4.69) is 34.4 Å². The molecule has 0 spiro atoms. The number of unbranched alkanes of at least 4 members (excludes halogenated alkanes) is 2. The maximum atomic E-state index is 5.07. The molecule has 1 unspecified atom stereocenters. The number of likely N-dealkylation sites (tertiary alicyclic amines) is 1. The van der Waals surface area contributed by atoms with Crippen LogP contribution >= 0.6 is 0 Å². The van der Waals surface area contributed by atoms with E-state index in [1.165, 1.54) is 38.6 Å². The molecule has 1 rings (SSSR count). The molecule has 5 nitrogen and oxygen atoms in total. The van der Waals surface area contributed by atoms with E-state index in [-0.39, 0.29) is 0 Å². The maximum Gasteiger partial charge on any atom is 0.191 e. The SMILES string of the molecule is CCNC(=NCCCCCOC)NCCN1CCCCC1CC. The zero-order valence-electron chi connectivity index (χ0n) is 15.6. The van der Waals surface area contributed by atoms with E-state index >= 15 is 0 Å². The van der Waals surface area contributed by atoms with Crippen molar-refractivity contribution in [1.29, 1.82) is 0 Å². The first-order valence-electron chi connectivity index (χ1n) is 9.57. The minimum Gasteiger partial charge on any atom is -0.385 e. The molecule has 0 aromatic heterocycles. The highest BCUT2D eigenvalue weighted by Crippen LogP contribution is 2.18. The van der Waals surface area contributed by atoms with Gasteiger partial charge in [0.15, 0.2) is 5.96 Å². The van der Waals surface area contributed by atoms with Crippen molar-refractivity contribution in [2.45, 2.75) is 64.8 Å². The predicted molar refractivity (Wildman–Crippen MR) is 99.2 cm³/mol. The molecule has 0 aromatic rings. The molecule has 0 radical (unpaired) electrons. The van der Waals surface area contributed by atoms with Crippen LogP contribution in [-0.2, 0) is 4.74 Å². The van der Waals surface area contributed by atoms with Gasteiger partial charge in [0, 0.05) is 45.9 Å². The summed E-state index contributed by atoms with van der Waals surface area (Å²) in [5, 5.41) is 6.83. The highest BCUT2D eigenvalue weighted by molar-refractivity contribution is 5.79. The second kappa shape index (κ2) is 13.6. The summed E-state index contributed by atoms with van der Waals surface area (Å²) in [6.45, 7) is 10.4. The number of rotatable bonds is 11. The number of guanidine groups is 1. The lowest BCUT2D eigenvalue weighted by molar-refractivity contribution is 0.147. The number of piperidine rings is 1. The standard InChI is InChI=1S/C18H38N4O/c1-4-17-11-7-9-14-22(17)15-13-21-18(19-5-2)20-12-8-6-10-16-23-3/h17H,4-16H2,1-3H3,(H2,19,20,21).